The molecule has 0 heterocycles. The van der Waals surface area contributed by atoms with E-state index in [0.717, 1.165) is 12.8 Å². The number of hydrogen-bond donors (Lipinski definition) is 3. The summed E-state index contributed by atoms with van der Waals surface area (Å²) in [5.74, 6) is -0.860. The van der Waals surface area contributed by atoms with Gasteiger partial charge in [-0.2, -0.15) is 0 Å². The Balaban J connectivity index is 3.52. The molecule has 0 saturated heterocycles. The van der Waals surface area contributed by atoms with Gasteiger partial charge in [-0.15, -0.1) is 0 Å². The summed E-state index contributed by atoms with van der Waals surface area (Å²) in [5, 5.41) is 20.2. The molecule has 0 saturated carbocycles. The summed E-state index contributed by atoms with van der Waals surface area (Å²) in [7, 11) is 1.63. The third-order valence-electron chi connectivity index (χ3n) is 3.45. The third-order valence-corrected chi connectivity index (χ3v) is 4.47. The second kappa shape index (κ2) is 17.9. The van der Waals surface area contributed by atoms with Crippen molar-refractivity contribution in [2.24, 2.45) is 0 Å². The molecule has 0 rings (SSSR count). The number of amides is 1. The number of likely N-dealkylation sites (N-methyl/N-ethyl adjacent to an activating group) is 1. The zero-order chi connectivity index (χ0) is 19.6. The molecule has 3 N–H and O–H groups in total. The average Bonchev–Trinajstić information content (AvgIpc) is 2.62. The number of aliphatic hydroxyl groups excluding tert-OH is 1. The predicted molar refractivity (Wildman–Crippen MR) is 104 cm³/mol. The van der Waals surface area contributed by atoms with E-state index >= 15 is 0 Å². The van der Waals surface area contributed by atoms with Crippen molar-refractivity contribution in [1.82, 2.24) is 8.43 Å². The molecule has 0 aromatic heterocycles. The second-order valence-electron chi connectivity index (χ2n) is 5.47. The van der Waals surface area contributed by atoms with Gasteiger partial charge >= 0.3 is 5.97 Å². The van der Waals surface area contributed by atoms with Gasteiger partial charge in [-0.1, -0.05) is 0 Å². The molecule has 0 aliphatic heterocycles. The number of unbranched alkanes of at least 4 members (excludes halogenated alkanes) is 1. The number of halogens is 1. The SMILES string of the molecule is CN[C@@H](CCCCN(I)C(=O)CCOCCOCCOCCO)C(=O)O. The van der Waals surface area contributed by atoms with Gasteiger partial charge in [-0.25, -0.2) is 0 Å². The summed E-state index contributed by atoms with van der Waals surface area (Å²) in [6.45, 7) is 2.96. The Kier molecular flexibility index (Phi) is 17.5. The molecule has 0 aliphatic rings. The van der Waals surface area contributed by atoms with Crippen LogP contribution in [0.4, 0.5) is 0 Å². The van der Waals surface area contributed by atoms with Crippen molar-refractivity contribution >= 4 is 34.7 Å². The lowest BCUT2D eigenvalue weighted by atomic mass is 10.1. The summed E-state index contributed by atoms with van der Waals surface area (Å²) in [5.41, 5.74) is 0. The van der Waals surface area contributed by atoms with Crippen LogP contribution in [0.25, 0.3) is 0 Å². The molecule has 154 valence electrons. The number of nitrogens with zero attached hydrogens (tertiary/aromatic N) is 1. The highest BCUT2D eigenvalue weighted by Crippen LogP contribution is 2.08. The predicted octanol–water partition coefficient (Wildman–Crippen LogP) is 0.440. The van der Waals surface area contributed by atoms with E-state index < -0.39 is 12.0 Å². The highest BCUT2D eigenvalue weighted by molar-refractivity contribution is 14.1. The van der Waals surface area contributed by atoms with Crippen molar-refractivity contribution in [3.05, 3.63) is 0 Å². The molecule has 0 radical (unpaired) electrons. The first-order chi connectivity index (χ1) is 12.5. The van der Waals surface area contributed by atoms with Gasteiger partial charge in [-0.05, 0) is 26.3 Å². The molecule has 26 heavy (non-hydrogen) atoms. The van der Waals surface area contributed by atoms with Crippen LogP contribution in [0.5, 0.6) is 0 Å². The van der Waals surface area contributed by atoms with Crippen LogP contribution in [0.2, 0.25) is 0 Å². The zero-order valence-electron chi connectivity index (χ0n) is 15.3. The van der Waals surface area contributed by atoms with E-state index in [1.807, 2.05) is 22.9 Å². The van der Waals surface area contributed by atoms with Crippen molar-refractivity contribution < 1.29 is 34.0 Å². The van der Waals surface area contributed by atoms with Crippen LogP contribution in [-0.4, -0.2) is 91.1 Å². The first-order valence-corrected chi connectivity index (χ1v) is 9.69. The van der Waals surface area contributed by atoms with E-state index in [1.54, 1.807) is 10.2 Å². The molecular weight excluding hydrogens is 459 g/mol. The van der Waals surface area contributed by atoms with E-state index in [1.165, 1.54) is 0 Å². The van der Waals surface area contributed by atoms with E-state index in [-0.39, 0.29) is 12.5 Å². The van der Waals surface area contributed by atoms with Crippen LogP contribution in [0, 0.1) is 0 Å². The maximum Gasteiger partial charge on any atom is 0.320 e. The van der Waals surface area contributed by atoms with Crippen molar-refractivity contribution in [3.8, 4) is 0 Å². The van der Waals surface area contributed by atoms with Crippen LogP contribution in [0.15, 0.2) is 0 Å². The summed E-state index contributed by atoms with van der Waals surface area (Å²) < 4.78 is 17.3. The summed E-state index contributed by atoms with van der Waals surface area (Å²) in [4.78, 5) is 22.8. The van der Waals surface area contributed by atoms with E-state index in [0.29, 0.717) is 59.0 Å². The van der Waals surface area contributed by atoms with E-state index in [2.05, 4.69) is 5.32 Å². The van der Waals surface area contributed by atoms with Gasteiger partial charge in [0.05, 0.1) is 75.5 Å². The van der Waals surface area contributed by atoms with Gasteiger partial charge in [0.1, 0.15) is 6.04 Å². The molecule has 0 unspecified atom stereocenters. The van der Waals surface area contributed by atoms with Crippen LogP contribution >= 0.6 is 22.9 Å². The maximum atomic E-state index is 11.9. The van der Waals surface area contributed by atoms with Crippen molar-refractivity contribution in [2.45, 2.75) is 31.7 Å². The number of hydrogen-bond acceptors (Lipinski definition) is 7. The molecule has 1 amide bonds. The largest absolute Gasteiger partial charge is 0.480 e. The molecule has 0 aromatic carbocycles. The van der Waals surface area contributed by atoms with E-state index in [9.17, 15) is 9.59 Å². The highest BCUT2D eigenvalue weighted by Gasteiger charge is 2.15. The fourth-order valence-electron chi connectivity index (χ4n) is 2.00. The number of carbonyl (C=O) groups excluding carboxylic acids is 1. The van der Waals surface area contributed by atoms with Crippen molar-refractivity contribution in [1.29, 1.82) is 0 Å². The van der Waals surface area contributed by atoms with Gasteiger partial charge in [-0.3, -0.25) is 12.7 Å². The average molecular weight is 490 g/mol. The Bertz CT molecular complexity index is 375. The van der Waals surface area contributed by atoms with Gasteiger partial charge < -0.3 is 29.7 Å². The molecule has 10 heteroatoms. The number of carboxylic acids is 1. The number of aliphatic carboxylic acids is 1. The van der Waals surface area contributed by atoms with Gasteiger partial charge in [0.2, 0.25) is 5.91 Å². The minimum atomic E-state index is -0.853. The normalized spacial score (nSPS) is 12.1. The topological polar surface area (TPSA) is 118 Å². The Morgan fingerprint density at radius 2 is 1.62 bits per heavy atom. The second-order valence-corrected chi connectivity index (χ2v) is 6.63. The molecule has 0 spiro atoms. The van der Waals surface area contributed by atoms with Gasteiger partial charge in [0, 0.05) is 6.54 Å². The number of carboxylic acid groups (broad SMARTS) is 1. The maximum absolute atomic E-state index is 11.9. The third kappa shape index (κ3) is 14.6. The Morgan fingerprint density at radius 1 is 1.04 bits per heavy atom. The van der Waals surface area contributed by atoms with Crippen LogP contribution < -0.4 is 5.32 Å². The lowest BCUT2D eigenvalue weighted by Gasteiger charge is -2.16. The number of nitrogens with one attached hydrogen (secondary N) is 1. The zero-order valence-corrected chi connectivity index (χ0v) is 17.5. The van der Waals surface area contributed by atoms with Gasteiger partial charge in [0.25, 0.3) is 0 Å². The number of aliphatic hydroxyl groups is 1. The molecule has 0 fully saturated rings. The monoisotopic (exact) mass is 490 g/mol. The number of ether oxygens (including phenoxy) is 3. The first-order valence-electron chi connectivity index (χ1n) is 8.73. The van der Waals surface area contributed by atoms with Crippen LogP contribution in [0.1, 0.15) is 25.7 Å². The van der Waals surface area contributed by atoms with Crippen LogP contribution in [-0.2, 0) is 23.8 Å². The van der Waals surface area contributed by atoms with E-state index in [4.69, 9.17) is 24.4 Å². The van der Waals surface area contributed by atoms with Gasteiger partial charge in [0.15, 0.2) is 0 Å². The molecule has 0 aromatic rings. The minimum absolute atomic E-state index is 0.00374. The fraction of sp³-hybridized carbons (Fsp3) is 0.875. The summed E-state index contributed by atoms with van der Waals surface area (Å²) >= 11 is 1.98. The lowest BCUT2D eigenvalue weighted by molar-refractivity contribution is -0.139. The molecule has 9 nitrogen and oxygen atoms in total. The minimum Gasteiger partial charge on any atom is -0.480 e. The highest BCUT2D eigenvalue weighted by atomic mass is 127. The Labute approximate surface area is 168 Å². The number of rotatable bonds is 18. The molecular formula is C16H31IN2O7. The molecule has 0 bridgehead atoms. The first kappa shape index (κ1) is 25.5. The quantitative estimate of drug-likeness (QED) is 0.144. The van der Waals surface area contributed by atoms with Crippen molar-refractivity contribution in [3.63, 3.8) is 0 Å². The molecule has 1 atom stereocenters. The molecule has 0 aliphatic carbocycles. The number of carbonyl (C=O) groups is 2. The van der Waals surface area contributed by atoms with Crippen molar-refractivity contribution in [2.75, 3.05) is 59.8 Å². The Hall–Kier alpha value is -0.530. The van der Waals surface area contributed by atoms with Crippen LogP contribution in [0.3, 0.4) is 0 Å². The lowest BCUT2D eigenvalue weighted by Crippen LogP contribution is -2.33. The summed E-state index contributed by atoms with van der Waals surface area (Å²) in [6.07, 6.45) is 2.34. The summed E-state index contributed by atoms with van der Waals surface area (Å²) in [6, 6.07) is -0.537. The smallest absolute Gasteiger partial charge is 0.320 e. The standard InChI is InChI=1S/C16H31IN2O7/c1-18-14(16(22)23)4-2-3-6-19(17)15(21)5-8-24-10-12-26-13-11-25-9-7-20/h14,18,20H,2-13H2,1H3,(H,22,23)/t14-/m0/s1. The fourth-order valence-corrected chi connectivity index (χ4v) is 2.58. The Morgan fingerprint density at radius 3 is 2.15 bits per heavy atom.